The number of aromatic carboxylic acids is 1. The van der Waals surface area contributed by atoms with Crippen molar-refractivity contribution in [1.29, 1.82) is 0 Å². The highest BCUT2D eigenvalue weighted by Crippen LogP contribution is 2.16. The van der Waals surface area contributed by atoms with E-state index in [0.29, 0.717) is 12.6 Å². The summed E-state index contributed by atoms with van der Waals surface area (Å²) in [7, 11) is 2.01. The minimum Gasteiger partial charge on any atom is -0.475 e. The van der Waals surface area contributed by atoms with Crippen molar-refractivity contribution in [2.24, 2.45) is 0 Å². The van der Waals surface area contributed by atoms with Crippen LogP contribution in [0.2, 0.25) is 0 Å². The molecule has 0 saturated carbocycles. The summed E-state index contributed by atoms with van der Waals surface area (Å²) in [5.74, 6) is -0.948. The van der Waals surface area contributed by atoms with Gasteiger partial charge in [0.25, 0.3) is 0 Å². The minimum atomic E-state index is -1.00. The Hall–Kier alpha value is -1.29. The maximum Gasteiger partial charge on any atom is 0.372 e. The van der Waals surface area contributed by atoms with E-state index in [0.717, 1.165) is 18.4 Å². The smallest absolute Gasteiger partial charge is 0.372 e. The number of hydrogen-bond donors (Lipinski definition) is 1. The van der Waals surface area contributed by atoms with Crippen molar-refractivity contribution in [3.63, 3.8) is 0 Å². The number of carbonyl (C=O) groups is 1. The Labute approximate surface area is 95.9 Å². The van der Waals surface area contributed by atoms with Gasteiger partial charge in [-0.2, -0.15) is 0 Å². The summed E-state index contributed by atoms with van der Waals surface area (Å²) in [6.45, 7) is 4.89. The largest absolute Gasteiger partial charge is 0.475 e. The lowest BCUT2D eigenvalue weighted by Gasteiger charge is -2.25. The number of carboxylic acids is 1. The molecule has 90 valence electrons. The molecule has 0 aliphatic carbocycles. The standard InChI is InChI=1S/C12H19NO3/c1-4-10(5-2)13(3)8-9-6-7-16-11(9)12(14)15/h6-7,10H,4-5,8H2,1-3H3,(H,14,15). The van der Waals surface area contributed by atoms with Crippen LogP contribution < -0.4 is 0 Å². The highest BCUT2D eigenvalue weighted by atomic mass is 16.4. The van der Waals surface area contributed by atoms with Gasteiger partial charge in [-0.15, -0.1) is 0 Å². The SMILES string of the molecule is CCC(CC)N(C)Cc1ccoc1C(=O)O. The first kappa shape index (κ1) is 12.8. The molecular weight excluding hydrogens is 206 g/mol. The zero-order valence-corrected chi connectivity index (χ0v) is 10.1. The Morgan fingerprint density at radius 1 is 1.50 bits per heavy atom. The van der Waals surface area contributed by atoms with E-state index in [9.17, 15) is 4.79 Å². The van der Waals surface area contributed by atoms with Gasteiger partial charge in [0.1, 0.15) is 0 Å². The third-order valence-corrected chi connectivity index (χ3v) is 2.93. The lowest BCUT2D eigenvalue weighted by Crippen LogP contribution is -2.30. The summed E-state index contributed by atoms with van der Waals surface area (Å²) >= 11 is 0. The minimum absolute atomic E-state index is 0.0535. The van der Waals surface area contributed by atoms with Crippen LogP contribution in [0.4, 0.5) is 0 Å². The summed E-state index contributed by atoms with van der Waals surface area (Å²) < 4.78 is 4.95. The van der Waals surface area contributed by atoms with Crippen molar-refractivity contribution < 1.29 is 14.3 Å². The van der Waals surface area contributed by atoms with Crippen LogP contribution in [0.1, 0.15) is 42.8 Å². The topological polar surface area (TPSA) is 53.7 Å². The average Bonchev–Trinajstić information content (AvgIpc) is 2.67. The molecule has 1 aromatic rings. The predicted molar refractivity (Wildman–Crippen MR) is 61.5 cm³/mol. The molecule has 0 saturated heterocycles. The molecule has 4 nitrogen and oxygen atoms in total. The Balaban J connectivity index is 2.72. The van der Waals surface area contributed by atoms with Gasteiger partial charge in [0.15, 0.2) is 0 Å². The van der Waals surface area contributed by atoms with Gasteiger partial charge in [-0.1, -0.05) is 13.8 Å². The van der Waals surface area contributed by atoms with Crippen LogP contribution in [0.3, 0.4) is 0 Å². The first-order valence-electron chi connectivity index (χ1n) is 5.60. The Morgan fingerprint density at radius 3 is 2.62 bits per heavy atom. The van der Waals surface area contributed by atoms with E-state index in [-0.39, 0.29) is 5.76 Å². The summed E-state index contributed by atoms with van der Waals surface area (Å²) in [5, 5.41) is 8.91. The second kappa shape index (κ2) is 5.70. The Morgan fingerprint density at radius 2 is 2.12 bits per heavy atom. The molecule has 1 N–H and O–H groups in total. The van der Waals surface area contributed by atoms with Gasteiger partial charge in [-0.3, -0.25) is 4.90 Å². The zero-order chi connectivity index (χ0) is 12.1. The molecule has 0 aromatic carbocycles. The van der Waals surface area contributed by atoms with E-state index in [1.807, 2.05) is 7.05 Å². The highest BCUT2D eigenvalue weighted by Gasteiger charge is 2.17. The number of carboxylic acid groups (broad SMARTS) is 1. The van der Waals surface area contributed by atoms with E-state index in [1.54, 1.807) is 6.07 Å². The quantitative estimate of drug-likeness (QED) is 0.808. The summed E-state index contributed by atoms with van der Waals surface area (Å²) in [5.41, 5.74) is 0.738. The monoisotopic (exact) mass is 225 g/mol. The molecule has 0 unspecified atom stereocenters. The van der Waals surface area contributed by atoms with E-state index in [4.69, 9.17) is 9.52 Å². The lowest BCUT2D eigenvalue weighted by atomic mass is 10.1. The molecular formula is C12H19NO3. The molecule has 0 aliphatic rings. The first-order valence-corrected chi connectivity index (χ1v) is 5.60. The zero-order valence-electron chi connectivity index (χ0n) is 10.1. The summed E-state index contributed by atoms with van der Waals surface area (Å²) in [4.78, 5) is 13.0. The van der Waals surface area contributed by atoms with Crippen molar-refractivity contribution in [2.45, 2.75) is 39.3 Å². The van der Waals surface area contributed by atoms with Crippen LogP contribution in [-0.4, -0.2) is 29.1 Å². The van der Waals surface area contributed by atoms with E-state index >= 15 is 0 Å². The lowest BCUT2D eigenvalue weighted by molar-refractivity contribution is 0.0658. The molecule has 0 atom stereocenters. The van der Waals surface area contributed by atoms with Crippen molar-refractivity contribution in [3.05, 3.63) is 23.7 Å². The van der Waals surface area contributed by atoms with Gasteiger partial charge >= 0.3 is 5.97 Å². The molecule has 0 bridgehead atoms. The van der Waals surface area contributed by atoms with Crippen LogP contribution in [0.15, 0.2) is 16.7 Å². The molecule has 16 heavy (non-hydrogen) atoms. The van der Waals surface area contributed by atoms with Gasteiger partial charge in [0.2, 0.25) is 5.76 Å². The maximum absolute atomic E-state index is 10.9. The van der Waals surface area contributed by atoms with Crippen LogP contribution >= 0.6 is 0 Å². The van der Waals surface area contributed by atoms with E-state index in [2.05, 4.69) is 18.7 Å². The molecule has 0 amide bonds. The van der Waals surface area contributed by atoms with Crippen molar-refractivity contribution in [1.82, 2.24) is 4.90 Å². The molecule has 0 spiro atoms. The normalized spacial score (nSPS) is 11.3. The predicted octanol–water partition coefficient (Wildman–Crippen LogP) is 2.60. The van der Waals surface area contributed by atoms with Crippen molar-refractivity contribution in [3.8, 4) is 0 Å². The number of furan rings is 1. The molecule has 1 rings (SSSR count). The molecule has 4 heteroatoms. The van der Waals surface area contributed by atoms with Crippen molar-refractivity contribution >= 4 is 5.97 Å². The summed E-state index contributed by atoms with van der Waals surface area (Å²) in [6, 6.07) is 2.21. The average molecular weight is 225 g/mol. The van der Waals surface area contributed by atoms with Crippen LogP contribution in [0.5, 0.6) is 0 Å². The fourth-order valence-electron chi connectivity index (χ4n) is 1.96. The number of rotatable bonds is 6. The number of hydrogen-bond acceptors (Lipinski definition) is 3. The van der Waals surface area contributed by atoms with E-state index in [1.165, 1.54) is 6.26 Å². The van der Waals surface area contributed by atoms with Gasteiger partial charge in [0, 0.05) is 18.2 Å². The third kappa shape index (κ3) is 2.85. The van der Waals surface area contributed by atoms with Gasteiger partial charge in [-0.25, -0.2) is 4.79 Å². The Bertz CT molecular complexity index is 342. The first-order chi connectivity index (χ1) is 7.60. The molecule has 0 aliphatic heterocycles. The fourth-order valence-corrected chi connectivity index (χ4v) is 1.96. The summed E-state index contributed by atoms with van der Waals surface area (Å²) in [6.07, 6.45) is 3.56. The van der Waals surface area contributed by atoms with Gasteiger partial charge in [-0.05, 0) is 26.0 Å². The third-order valence-electron chi connectivity index (χ3n) is 2.93. The van der Waals surface area contributed by atoms with E-state index < -0.39 is 5.97 Å². The maximum atomic E-state index is 10.9. The second-order valence-corrected chi connectivity index (χ2v) is 3.97. The van der Waals surface area contributed by atoms with Crippen molar-refractivity contribution in [2.75, 3.05) is 7.05 Å². The fraction of sp³-hybridized carbons (Fsp3) is 0.583. The second-order valence-electron chi connectivity index (χ2n) is 3.97. The highest BCUT2D eigenvalue weighted by molar-refractivity contribution is 5.86. The van der Waals surface area contributed by atoms with Crippen LogP contribution in [-0.2, 0) is 6.54 Å². The Kier molecular flexibility index (Phi) is 4.55. The molecule has 0 fully saturated rings. The van der Waals surface area contributed by atoms with Gasteiger partial charge in [0.05, 0.1) is 6.26 Å². The van der Waals surface area contributed by atoms with Crippen LogP contribution in [0.25, 0.3) is 0 Å². The van der Waals surface area contributed by atoms with Crippen LogP contribution in [0, 0.1) is 0 Å². The van der Waals surface area contributed by atoms with Gasteiger partial charge < -0.3 is 9.52 Å². The molecule has 0 radical (unpaired) electrons. The number of nitrogens with zero attached hydrogens (tertiary/aromatic N) is 1. The molecule has 1 heterocycles. The molecule has 1 aromatic heterocycles.